The Morgan fingerprint density at radius 1 is 1.10 bits per heavy atom. The molecule has 1 aliphatic rings. The maximum absolute atomic E-state index is 12.9. The molecule has 4 aromatic rings. The van der Waals surface area contributed by atoms with Crippen LogP contribution in [0.25, 0.3) is 22.3 Å². The van der Waals surface area contributed by atoms with Gasteiger partial charge in [-0.25, -0.2) is 4.98 Å². The number of aromatic nitrogens is 4. The first-order chi connectivity index (χ1) is 15.1. The minimum Gasteiger partial charge on any atom is -0.353 e. The zero-order chi connectivity index (χ0) is 21.4. The first kappa shape index (κ1) is 19.3. The summed E-state index contributed by atoms with van der Waals surface area (Å²) in [7, 11) is 0. The summed E-state index contributed by atoms with van der Waals surface area (Å²) in [5.41, 5.74) is 2.45. The first-order valence-corrected chi connectivity index (χ1v) is 10.5. The Balaban J connectivity index is 1.23. The van der Waals surface area contributed by atoms with Gasteiger partial charge in [0.2, 0.25) is 11.7 Å². The summed E-state index contributed by atoms with van der Waals surface area (Å²) in [4.78, 5) is 29.2. The number of nitrogens with one attached hydrogen (secondary N) is 1. The van der Waals surface area contributed by atoms with Crippen LogP contribution in [0.4, 0.5) is 5.82 Å². The minimum atomic E-state index is 0.0391. The van der Waals surface area contributed by atoms with Gasteiger partial charge in [0.25, 0.3) is 5.91 Å². The summed E-state index contributed by atoms with van der Waals surface area (Å²) in [6.07, 6.45) is 1.77. The lowest BCUT2D eigenvalue weighted by Gasteiger charge is -2.35. The third-order valence-corrected chi connectivity index (χ3v) is 5.59. The molecule has 5 rings (SSSR count). The summed E-state index contributed by atoms with van der Waals surface area (Å²) in [5.74, 6) is 2.29. The van der Waals surface area contributed by atoms with E-state index < -0.39 is 0 Å². The van der Waals surface area contributed by atoms with E-state index in [2.05, 4.69) is 25.0 Å². The van der Waals surface area contributed by atoms with E-state index in [1.165, 1.54) is 0 Å². The van der Waals surface area contributed by atoms with Gasteiger partial charge >= 0.3 is 0 Å². The van der Waals surface area contributed by atoms with Crippen LogP contribution >= 0.6 is 0 Å². The second-order valence-electron chi connectivity index (χ2n) is 8.07. The van der Waals surface area contributed by atoms with E-state index in [4.69, 9.17) is 4.52 Å². The number of carbonyl (C=O) groups excluding carboxylic acids is 1. The summed E-state index contributed by atoms with van der Waals surface area (Å²) < 4.78 is 5.28. The smallest absolute Gasteiger partial charge is 0.270 e. The van der Waals surface area contributed by atoms with Gasteiger partial charge in [0.15, 0.2) is 0 Å². The number of piperazine rings is 1. The molecule has 0 saturated carbocycles. The summed E-state index contributed by atoms with van der Waals surface area (Å²) >= 11 is 0. The highest BCUT2D eigenvalue weighted by Gasteiger charge is 2.24. The number of rotatable bonds is 4. The zero-order valence-electron chi connectivity index (χ0n) is 17.6. The Morgan fingerprint density at radius 2 is 1.90 bits per heavy atom. The molecule has 8 nitrogen and oxygen atoms in total. The molecule has 0 atom stereocenters. The Morgan fingerprint density at radius 3 is 2.58 bits per heavy atom. The number of pyridine rings is 1. The van der Waals surface area contributed by atoms with Crippen molar-refractivity contribution < 1.29 is 9.32 Å². The van der Waals surface area contributed by atoms with Crippen LogP contribution in [0.2, 0.25) is 0 Å². The fraction of sp³-hybridized carbons (Fsp3) is 0.304. The lowest BCUT2D eigenvalue weighted by molar-refractivity contribution is 0.0741. The second-order valence-corrected chi connectivity index (χ2v) is 8.07. The third kappa shape index (κ3) is 3.76. The number of para-hydroxylation sites is 1. The van der Waals surface area contributed by atoms with E-state index in [-0.39, 0.29) is 11.8 Å². The number of H-pyrrole nitrogens is 1. The average Bonchev–Trinajstić information content (AvgIpc) is 3.46. The van der Waals surface area contributed by atoms with Crippen molar-refractivity contribution in [1.29, 1.82) is 0 Å². The predicted molar refractivity (Wildman–Crippen MR) is 118 cm³/mol. The van der Waals surface area contributed by atoms with Crippen LogP contribution in [-0.4, -0.2) is 57.1 Å². The number of hydrogen-bond acceptors (Lipinski definition) is 6. The third-order valence-electron chi connectivity index (χ3n) is 5.59. The number of nitrogens with zero attached hydrogens (tertiary/aromatic N) is 5. The molecule has 8 heteroatoms. The molecule has 1 fully saturated rings. The van der Waals surface area contributed by atoms with Crippen molar-refractivity contribution in [3.8, 4) is 11.4 Å². The zero-order valence-corrected chi connectivity index (χ0v) is 17.6. The summed E-state index contributed by atoms with van der Waals surface area (Å²) in [5, 5.41) is 5.09. The van der Waals surface area contributed by atoms with Crippen molar-refractivity contribution in [2.45, 2.75) is 19.8 Å². The van der Waals surface area contributed by atoms with E-state index in [0.29, 0.717) is 30.5 Å². The molecule has 1 aromatic carbocycles. The molecular formula is C23H24N6O2. The normalized spacial score (nSPS) is 14.5. The molecular weight excluding hydrogens is 392 g/mol. The SMILES string of the molecule is CC(C)c1nc(-c2ccc(N3CCN(C(=O)c4cc5ccccc5[nH]4)CC3)nc2)no1. The molecule has 0 radical (unpaired) electrons. The lowest BCUT2D eigenvalue weighted by Crippen LogP contribution is -2.49. The highest BCUT2D eigenvalue weighted by atomic mass is 16.5. The Hall–Kier alpha value is -3.68. The van der Waals surface area contributed by atoms with Gasteiger partial charge in [-0.2, -0.15) is 4.98 Å². The van der Waals surface area contributed by atoms with E-state index in [9.17, 15) is 4.79 Å². The lowest BCUT2D eigenvalue weighted by atomic mass is 10.2. The van der Waals surface area contributed by atoms with Crippen molar-refractivity contribution in [2.24, 2.45) is 0 Å². The molecule has 1 aliphatic heterocycles. The Labute approximate surface area is 179 Å². The number of aromatic amines is 1. The highest BCUT2D eigenvalue weighted by molar-refractivity contribution is 5.98. The molecule has 0 bridgehead atoms. The van der Waals surface area contributed by atoms with Gasteiger partial charge in [0.1, 0.15) is 11.5 Å². The molecule has 31 heavy (non-hydrogen) atoms. The van der Waals surface area contributed by atoms with Gasteiger partial charge in [-0.3, -0.25) is 4.79 Å². The first-order valence-electron chi connectivity index (χ1n) is 10.5. The van der Waals surface area contributed by atoms with Gasteiger partial charge in [0.05, 0.1) is 0 Å². The van der Waals surface area contributed by atoms with Crippen molar-refractivity contribution in [3.63, 3.8) is 0 Å². The molecule has 1 saturated heterocycles. The van der Waals surface area contributed by atoms with E-state index >= 15 is 0 Å². The van der Waals surface area contributed by atoms with Crippen LogP contribution in [0, 0.1) is 0 Å². The molecule has 3 aromatic heterocycles. The molecule has 0 unspecified atom stereocenters. The number of anilines is 1. The van der Waals surface area contributed by atoms with Gasteiger partial charge in [-0.05, 0) is 24.3 Å². The van der Waals surface area contributed by atoms with Gasteiger partial charge < -0.3 is 19.3 Å². The highest BCUT2D eigenvalue weighted by Crippen LogP contribution is 2.22. The number of hydrogen-bond donors (Lipinski definition) is 1. The average molecular weight is 416 g/mol. The van der Waals surface area contributed by atoms with E-state index in [0.717, 1.165) is 35.4 Å². The predicted octanol–water partition coefficient (Wildman–Crippen LogP) is 3.70. The van der Waals surface area contributed by atoms with E-state index in [1.54, 1.807) is 6.20 Å². The minimum absolute atomic E-state index is 0.0391. The number of carbonyl (C=O) groups is 1. The maximum Gasteiger partial charge on any atom is 0.270 e. The van der Waals surface area contributed by atoms with Crippen LogP contribution in [0.15, 0.2) is 53.2 Å². The van der Waals surface area contributed by atoms with Crippen LogP contribution < -0.4 is 4.90 Å². The van der Waals surface area contributed by atoms with Crippen LogP contribution in [0.5, 0.6) is 0 Å². The van der Waals surface area contributed by atoms with Crippen LogP contribution in [-0.2, 0) is 0 Å². The van der Waals surface area contributed by atoms with Crippen LogP contribution in [0.1, 0.15) is 36.1 Å². The number of fused-ring (bicyclic) bond motifs is 1. The second kappa shape index (κ2) is 7.86. The largest absolute Gasteiger partial charge is 0.353 e. The fourth-order valence-corrected chi connectivity index (χ4v) is 3.79. The van der Waals surface area contributed by atoms with Gasteiger partial charge in [-0.1, -0.05) is 37.2 Å². The Kier molecular flexibility index (Phi) is 4.89. The molecule has 1 N–H and O–H groups in total. The molecule has 4 heterocycles. The quantitative estimate of drug-likeness (QED) is 0.545. The van der Waals surface area contributed by atoms with Crippen molar-refractivity contribution in [3.05, 3.63) is 60.2 Å². The van der Waals surface area contributed by atoms with E-state index in [1.807, 2.05) is 61.2 Å². The molecule has 158 valence electrons. The Bertz CT molecular complexity index is 1170. The van der Waals surface area contributed by atoms with Gasteiger partial charge in [-0.15, -0.1) is 0 Å². The number of benzene rings is 1. The van der Waals surface area contributed by atoms with Gasteiger partial charge in [0, 0.05) is 54.8 Å². The maximum atomic E-state index is 12.9. The number of amides is 1. The summed E-state index contributed by atoms with van der Waals surface area (Å²) in [6.45, 7) is 6.80. The topological polar surface area (TPSA) is 91.2 Å². The molecule has 1 amide bonds. The fourth-order valence-electron chi connectivity index (χ4n) is 3.79. The van der Waals surface area contributed by atoms with Crippen molar-refractivity contribution in [1.82, 2.24) is 25.0 Å². The van der Waals surface area contributed by atoms with Crippen molar-refractivity contribution in [2.75, 3.05) is 31.1 Å². The van der Waals surface area contributed by atoms with Crippen LogP contribution in [0.3, 0.4) is 0 Å². The molecule has 0 spiro atoms. The monoisotopic (exact) mass is 416 g/mol. The molecule has 0 aliphatic carbocycles. The van der Waals surface area contributed by atoms with Crippen molar-refractivity contribution >= 4 is 22.6 Å². The summed E-state index contributed by atoms with van der Waals surface area (Å²) in [6, 6.07) is 13.8. The standard InChI is InChI=1S/C23H24N6O2/c1-15(2)22-26-21(27-31-22)17-7-8-20(24-14-17)28-9-11-29(12-10-28)23(30)19-13-16-5-3-4-6-18(16)25-19/h3-8,13-15,25H,9-12H2,1-2H3.